The molecule has 2 fully saturated rings. The van der Waals surface area contributed by atoms with Gasteiger partial charge in [-0.25, -0.2) is 0 Å². The molecule has 2 aliphatic carbocycles. The summed E-state index contributed by atoms with van der Waals surface area (Å²) in [5, 5.41) is 27.0. The number of aromatic hydroxyl groups is 1. The van der Waals surface area contributed by atoms with Gasteiger partial charge >= 0.3 is 0 Å². The molecule has 0 unspecified atom stereocenters. The van der Waals surface area contributed by atoms with Gasteiger partial charge in [0.15, 0.2) is 17.9 Å². The number of aliphatic imine (C=N–C) groups is 3. The molecule has 3 aromatic carbocycles. The Labute approximate surface area is 448 Å². The van der Waals surface area contributed by atoms with Gasteiger partial charge in [-0.15, -0.1) is 0 Å². The van der Waals surface area contributed by atoms with Crippen LogP contribution in [0.2, 0.25) is 0 Å². The van der Waals surface area contributed by atoms with Crippen molar-refractivity contribution in [1.29, 1.82) is 0 Å². The fourth-order valence-corrected chi connectivity index (χ4v) is 9.92. The van der Waals surface area contributed by atoms with Crippen LogP contribution in [-0.2, 0) is 40.0 Å². The van der Waals surface area contributed by atoms with Gasteiger partial charge in [0.05, 0.1) is 0 Å². The largest absolute Gasteiger partial charge is 0.508 e. The van der Waals surface area contributed by atoms with E-state index in [9.17, 15) is 38.7 Å². The number of carbonyl (C=O) groups is 7. The maximum Gasteiger partial charge on any atom is 0.243 e. The highest BCUT2D eigenvalue weighted by Crippen LogP contribution is 2.48. The zero-order valence-electron chi connectivity index (χ0n) is 43.4. The van der Waals surface area contributed by atoms with Crippen molar-refractivity contribution in [1.82, 2.24) is 31.9 Å². The molecule has 0 heterocycles. The Morgan fingerprint density at radius 1 is 0.519 bits per heavy atom. The van der Waals surface area contributed by atoms with Crippen LogP contribution in [0.3, 0.4) is 0 Å². The Morgan fingerprint density at radius 2 is 0.909 bits per heavy atom. The predicted molar refractivity (Wildman–Crippen MR) is 292 cm³/mol. The molecule has 77 heavy (non-hydrogen) atoms. The van der Waals surface area contributed by atoms with Gasteiger partial charge in [0.1, 0.15) is 29.9 Å². The molecule has 0 saturated heterocycles. The quantitative estimate of drug-likeness (QED) is 0.0208. The van der Waals surface area contributed by atoms with Crippen molar-refractivity contribution in [3.05, 3.63) is 102 Å². The SMILES string of the molecule is CC(=O)N[C@@H](CCCN=C(N)N)C(=O)NC[C@H]1[C@@H](C(=O)N[C@@H](CCCN=C(N)N)C(=O)NC[C@H]2[C@@H](C(=O)N[C@@H](CCCN=C(N)N)C(=O)N[C@@H](Cc3ccc(O)cc3)C(N)=O)C[C@@H]2c2ccccc2)C[C@@H]1c1ccccc1. The van der Waals surface area contributed by atoms with Gasteiger partial charge in [0.2, 0.25) is 41.4 Å². The summed E-state index contributed by atoms with van der Waals surface area (Å²) in [7, 11) is 0. The highest BCUT2D eigenvalue weighted by molar-refractivity contribution is 5.93. The van der Waals surface area contributed by atoms with Crippen LogP contribution >= 0.6 is 0 Å². The molecule has 0 aromatic heterocycles. The summed E-state index contributed by atoms with van der Waals surface area (Å²) in [6.45, 7) is 2.02. The molecule has 416 valence electrons. The minimum absolute atomic E-state index is 0.0179. The number of benzene rings is 3. The number of hydrogen-bond donors (Lipinski definition) is 14. The van der Waals surface area contributed by atoms with Crippen LogP contribution in [0.4, 0.5) is 0 Å². The first-order valence-electron chi connectivity index (χ1n) is 25.9. The molecular formula is C53H76N16O8. The van der Waals surface area contributed by atoms with Gasteiger partial charge in [-0.1, -0.05) is 72.8 Å². The van der Waals surface area contributed by atoms with E-state index in [-0.39, 0.29) is 106 Å². The number of nitrogens with zero attached hydrogens (tertiary/aromatic N) is 3. The van der Waals surface area contributed by atoms with Crippen LogP contribution in [0, 0.1) is 23.7 Å². The zero-order chi connectivity index (χ0) is 56.0. The fraction of sp³-hybridized carbons (Fsp3) is 0.472. The van der Waals surface area contributed by atoms with Crippen LogP contribution in [0.15, 0.2) is 99.9 Å². The summed E-state index contributed by atoms with van der Waals surface area (Å²) in [4.78, 5) is 107. The van der Waals surface area contributed by atoms with Gasteiger partial charge in [0.25, 0.3) is 0 Å². The van der Waals surface area contributed by atoms with E-state index in [2.05, 4.69) is 46.9 Å². The van der Waals surface area contributed by atoms with Crippen molar-refractivity contribution in [3.63, 3.8) is 0 Å². The summed E-state index contributed by atoms with van der Waals surface area (Å²) < 4.78 is 0. The minimum Gasteiger partial charge on any atom is -0.508 e. The summed E-state index contributed by atoms with van der Waals surface area (Å²) in [5.41, 5.74) is 41.4. The molecule has 0 aliphatic heterocycles. The van der Waals surface area contributed by atoms with E-state index < -0.39 is 83.3 Å². The zero-order valence-corrected chi connectivity index (χ0v) is 43.4. The Morgan fingerprint density at radius 3 is 1.29 bits per heavy atom. The first-order valence-corrected chi connectivity index (χ1v) is 25.9. The maximum atomic E-state index is 14.4. The van der Waals surface area contributed by atoms with E-state index in [1.165, 1.54) is 19.1 Å². The minimum atomic E-state index is -1.15. The number of nitrogens with one attached hydrogen (secondary N) is 6. The molecule has 21 N–H and O–H groups in total. The van der Waals surface area contributed by atoms with Crippen molar-refractivity contribution in [3.8, 4) is 5.75 Å². The van der Waals surface area contributed by atoms with Crippen LogP contribution in [0.1, 0.15) is 86.8 Å². The number of phenolic OH excluding ortho intramolecular Hbond substituents is 1. The second-order valence-corrected chi connectivity index (χ2v) is 19.6. The molecule has 0 radical (unpaired) electrons. The summed E-state index contributed by atoms with van der Waals surface area (Å²) in [6.07, 6.45) is 2.36. The van der Waals surface area contributed by atoms with E-state index in [1.54, 1.807) is 12.1 Å². The first-order chi connectivity index (χ1) is 36.8. The average molecular weight is 1070 g/mol. The smallest absolute Gasteiger partial charge is 0.243 e. The number of primary amides is 1. The van der Waals surface area contributed by atoms with Gasteiger partial charge in [-0.2, -0.15) is 0 Å². The first kappa shape index (κ1) is 59.4. The molecule has 24 heteroatoms. The van der Waals surface area contributed by atoms with E-state index in [1.807, 2.05) is 60.7 Å². The van der Waals surface area contributed by atoms with E-state index in [0.717, 1.165) is 11.1 Å². The Hall–Kier alpha value is -8.44. The molecule has 0 bridgehead atoms. The van der Waals surface area contributed by atoms with Gasteiger partial charge in [-0.3, -0.25) is 48.5 Å². The van der Waals surface area contributed by atoms with Gasteiger partial charge < -0.3 is 77.1 Å². The Balaban J connectivity index is 1.32. The van der Waals surface area contributed by atoms with E-state index >= 15 is 0 Å². The Bertz CT molecular complexity index is 2550. The topological polar surface area (TPSA) is 431 Å². The lowest BCUT2D eigenvalue weighted by Gasteiger charge is -2.45. The monoisotopic (exact) mass is 1060 g/mol. The summed E-state index contributed by atoms with van der Waals surface area (Å²) in [6, 6.07) is 21.0. The van der Waals surface area contributed by atoms with Crippen molar-refractivity contribution < 1.29 is 38.7 Å². The molecule has 24 nitrogen and oxygen atoms in total. The highest BCUT2D eigenvalue weighted by atomic mass is 16.3. The number of nitrogens with two attached hydrogens (primary N) is 7. The number of amides is 7. The average Bonchev–Trinajstić information content (AvgIpc) is 3.36. The van der Waals surface area contributed by atoms with Crippen LogP contribution < -0.4 is 72.0 Å². The van der Waals surface area contributed by atoms with E-state index in [4.69, 9.17) is 40.1 Å². The molecule has 0 spiro atoms. The third-order valence-corrected chi connectivity index (χ3v) is 14.1. The summed E-state index contributed by atoms with van der Waals surface area (Å²) in [5.74, 6) is -6.44. The lowest BCUT2D eigenvalue weighted by atomic mass is 9.61. The standard InChI is InChI=1S/C53H76N16O8/c1-30(70)66-41(15-8-22-61-51(55)56)48(75)64-28-39-35(32-11-4-2-5-12-32)26-37(39)46(73)67-42(16-9-23-62-52(57)58)49(76)65-29-40-36(33-13-6-3-7-14-33)27-38(40)47(74)68-43(17-10-24-63-53(59)60)50(77)69-44(45(54)72)25-31-18-20-34(71)21-19-31/h2-7,11-14,18-21,35-44,71H,8-10,15-17,22-29H2,1H3,(H2,54,72)(H,64,75)(H,65,76)(H,66,70)(H,67,73)(H,68,74)(H,69,77)(H4,55,56,61)(H4,57,58,62)(H4,59,60,63)/t35-,36-,37+,38+,39-,40-,41+,42+,43+,44+/m1/s1. The number of carbonyl (C=O) groups excluding carboxylic acids is 7. The molecule has 5 rings (SSSR count). The van der Waals surface area contributed by atoms with Gasteiger partial charge in [0, 0.05) is 57.9 Å². The van der Waals surface area contributed by atoms with Crippen LogP contribution in [0.25, 0.3) is 0 Å². The summed E-state index contributed by atoms with van der Waals surface area (Å²) >= 11 is 0. The number of rotatable bonds is 30. The predicted octanol–water partition coefficient (Wildman–Crippen LogP) is -1.39. The molecule has 2 aliphatic rings. The second-order valence-electron chi connectivity index (χ2n) is 19.6. The maximum absolute atomic E-state index is 14.4. The van der Waals surface area contributed by atoms with Crippen molar-refractivity contribution >= 4 is 59.2 Å². The van der Waals surface area contributed by atoms with Crippen molar-refractivity contribution in [2.24, 2.45) is 78.8 Å². The Kier molecular flexibility index (Phi) is 22.8. The molecule has 3 aromatic rings. The lowest BCUT2D eigenvalue weighted by Crippen LogP contribution is -2.58. The third-order valence-electron chi connectivity index (χ3n) is 14.1. The highest BCUT2D eigenvalue weighted by Gasteiger charge is 2.48. The van der Waals surface area contributed by atoms with Crippen molar-refractivity contribution in [2.75, 3.05) is 32.7 Å². The molecule has 2 saturated carbocycles. The number of guanidine groups is 3. The second kappa shape index (κ2) is 29.6. The van der Waals surface area contributed by atoms with E-state index in [0.29, 0.717) is 31.2 Å². The number of phenols is 1. The molecular weight excluding hydrogens is 989 g/mol. The molecule has 7 amide bonds. The molecule has 10 atom stereocenters. The van der Waals surface area contributed by atoms with Gasteiger partial charge in [-0.05, 0) is 104 Å². The fourth-order valence-electron chi connectivity index (χ4n) is 9.92. The van der Waals surface area contributed by atoms with Crippen LogP contribution in [-0.4, -0.2) is 121 Å². The van der Waals surface area contributed by atoms with Crippen molar-refractivity contribution in [2.45, 2.75) is 101 Å². The number of hydrogen-bond acceptors (Lipinski definition) is 11. The van der Waals surface area contributed by atoms with Crippen LogP contribution in [0.5, 0.6) is 5.75 Å². The lowest BCUT2D eigenvalue weighted by molar-refractivity contribution is -0.137. The normalized spacial score (nSPS) is 19.8. The third kappa shape index (κ3) is 18.7.